The Labute approximate surface area is 193 Å². The first-order valence-corrected chi connectivity index (χ1v) is 12.0. The van der Waals surface area contributed by atoms with Crippen LogP contribution in [0.3, 0.4) is 0 Å². The first-order chi connectivity index (χ1) is 16.2. The molecule has 4 rings (SSSR count). The van der Waals surface area contributed by atoms with Gasteiger partial charge in [0.1, 0.15) is 23.6 Å². The van der Waals surface area contributed by atoms with Crippen LogP contribution in [0.5, 0.6) is 0 Å². The van der Waals surface area contributed by atoms with Crippen LogP contribution in [0.2, 0.25) is 0 Å². The second-order valence-corrected chi connectivity index (χ2v) is 9.23. The van der Waals surface area contributed by atoms with E-state index in [0.717, 1.165) is 12.1 Å². The molecule has 0 saturated heterocycles. The summed E-state index contributed by atoms with van der Waals surface area (Å²) in [5, 5.41) is 7.41. The molecule has 0 spiro atoms. The van der Waals surface area contributed by atoms with Crippen molar-refractivity contribution < 1.29 is 22.0 Å². The topological polar surface area (TPSA) is 135 Å². The van der Waals surface area contributed by atoms with Crippen LogP contribution in [0.25, 0.3) is 11.0 Å². The number of benzene rings is 1. The summed E-state index contributed by atoms with van der Waals surface area (Å²) in [4.78, 5) is 24.3. The number of H-pyrrole nitrogens is 1. The third-order valence-electron chi connectivity index (χ3n) is 4.99. The molecular formula is C21H21F2N7O3S. The molecule has 4 aromatic rings. The lowest BCUT2D eigenvalue weighted by Gasteiger charge is -2.12. The highest BCUT2D eigenvalue weighted by molar-refractivity contribution is 7.92. The van der Waals surface area contributed by atoms with Gasteiger partial charge < -0.3 is 10.3 Å². The number of hydrogen-bond donors (Lipinski definition) is 3. The maximum atomic E-state index is 15.2. The van der Waals surface area contributed by atoms with Crippen LogP contribution >= 0.6 is 0 Å². The van der Waals surface area contributed by atoms with Crippen molar-refractivity contribution in [3.8, 4) is 0 Å². The number of hydrogen-bond acceptors (Lipinski definition) is 7. The fourth-order valence-electron chi connectivity index (χ4n) is 3.44. The van der Waals surface area contributed by atoms with Crippen molar-refractivity contribution in [2.75, 3.05) is 15.8 Å². The highest BCUT2D eigenvalue weighted by Gasteiger charge is 2.27. The molecule has 3 aromatic heterocycles. The Bertz CT molecular complexity index is 1480. The van der Waals surface area contributed by atoms with Crippen molar-refractivity contribution in [2.45, 2.75) is 26.8 Å². The maximum Gasteiger partial charge on any atom is 0.232 e. The predicted octanol–water partition coefficient (Wildman–Crippen LogP) is 3.58. The average molecular weight is 490 g/mol. The molecular weight excluding hydrogens is 468 g/mol. The molecule has 0 saturated carbocycles. The molecule has 0 amide bonds. The van der Waals surface area contributed by atoms with E-state index in [2.05, 4.69) is 30.1 Å². The van der Waals surface area contributed by atoms with Crippen LogP contribution in [0, 0.1) is 11.6 Å². The third kappa shape index (κ3) is 4.46. The number of carbonyl (C=O) groups excluding carboxylic acids is 1. The van der Waals surface area contributed by atoms with E-state index in [1.165, 1.54) is 12.5 Å². The number of aromatic amines is 1. The SMILES string of the molecule is CCCS(=O)(=O)Nc1ccc(F)c(C(=O)c2c[nH]c3ncnc(Nc4cnn(CC)c4)c23)c1F. The van der Waals surface area contributed by atoms with Crippen molar-refractivity contribution in [3.63, 3.8) is 0 Å². The number of aromatic nitrogens is 5. The van der Waals surface area contributed by atoms with Crippen LogP contribution in [0.15, 0.2) is 37.1 Å². The molecule has 0 aliphatic rings. The summed E-state index contributed by atoms with van der Waals surface area (Å²) in [5.74, 6) is -3.47. The minimum atomic E-state index is -3.86. The second-order valence-electron chi connectivity index (χ2n) is 7.39. The number of nitrogens with zero attached hydrogens (tertiary/aromatic N) is 4. The predicted molar refractivity (Wildman–Crippen MR) is 123 cm³/mol. The summed E-state index contributed by atoms with van der Waals surface area (Å²) in [6, 6.07) is 1.77. The van der Waals surface area contributed by atoms with Crippen LogP contribution < -0.4 is 10.0 Å². The van der Waals surface area contributed by atoms with Gasteiger partial charge in [-0.3, -0.25) is 14.2 Å². The van der Waals surface area contributed by atoms with Crippen molar-refractivity contribution in [3.05, 3.63) is 59.8 Å². The molecule has 0 atom stereocenters. The quantitative estimate of drug-likeness (QED) is 0.306. The number of sulfonamides is 1. The Balaban J connectivity index is 1.77. The Kier molecular flexibility index (Phi) is 6.28. The molecule has 0 fully saturated rings. The van der Waals surface area contributed by atoms with Crippen molar-refractivity contribution in [1.29, 1.82) is 0 Å². The number of ketones is 1. The lowest BCUT2D eigenvalue weighted by atomic mass is 10.0. The van der Waals surface area contributed by atoms with Crippen LogP contribution in [0.1, 0.15) is 36.2 Å². The number of halogens is 2. The van der Waals surface area contributed by atoms with Gasteiger partial charge in [0.2, 0.25) is 15.8 Å². The van der Waals surface area contributed by atoms with E-state index in [1.807, 2.05) is 6.92 Å². The Morgan fingerprint density at radius 2 is 2.00 bits per heavy atom. The van der Waals surface area contributed by atoms with E-state index < -0.39 is 38.7 Å². The Hall–Kier alpha value is -3.87. The molecule has 13 heteroatoms. The third-order valence-corrected chi connectivity index (χ3v) is 6.47. The summed E-state index contributed by atoms with van der Waals surface area (Å²) in [6.45, 7) is 4.21. The van der Waals surface area contributed by atoms with E-state index in [4.69, 9.17) is 0 Å². The number of aryl methyl sites for hydroxylation is 1. The van der Waals surface area contributed by atoms with Crippen LogP contribution in [-0.4, -0.2) is 44.7 Å². The van der Waals surface area contributed by atoms with Crippen molar-refractivity contribution in [2.24, 2.45) is 0 Å². The number of anilines is 3. The number of fused-ring (bicyclic) bond motifs is 1. The highest BCUT2D eigenvalue weighted by atomic mass is 32.2. The Morgan fingerprint density at radius 3 is 2.71 bits per heavy atom. The van der Waals surface area contributed by atoms with E-state index in [0.29, 0.717) is 18.7 Å². The van der Waals surface area contributed by atoms with E-state index in [9.17, 15) is 17.6 Å². The van der Waals surface area contributed by atoms with Gasteiger partial charge in [-0.15, -0.1) is 0 Å². The highest BCUT2D eigenvalue weighted by Crippen LogP contribution is 2.31. The van der Waals surface area contributed by atoms with Gasteiger partial charge in [-0.2, -0.15) is 5.10 Å². The van der Waals surface area contributed by atoms with Gasteiger partial charge in [0.25, 0.3) is 0 Å². The number of carbonyl (C=O) groups is 1. The normalized spacial score (nSPS) is 11.6. The summed E-state index contributed by atoms with van der Waals surface area (Å²) in [6.07, 6.45) is 6.13. The fraction of sp³-hybridized carbons (Fsp3) is 0.238. The monoisotopic (exact) mass is 489 g/mol. The second kappa shape index (κ2) is 9.17. The van der Waals surface area contributed by atoms with Crippen LogP contribution in [-0.2, 0) is 16.6 Å². The van der Waals surface area contributed by atoms with Gasteiger partial charge in [0, 0.05) is 18.9 Å². The number of rotatable bonds is 9. The Morgan fingerprint density at radius 1 is 1.21 bits per heavy atom. The fourth-order valence-corrected chi connectivity index (χ4v) is 4.57. The van der Waals surface area contributed by atoms with Gasteiger partial charge in [0.05, 0.1) is 39.8 Å². The van der Waals surface area contributed by atoms with Crippen molar-refractivity contribution >= 4 is 44.0 Å². The smallest absolute Gasteiger partial charge is 0.232 e. The summed E-state index contributed by atoms with van der Waals surface area (Å²) in [5.41, 5.74) is -0.645. The number of nitrogens with one attached hydrogen (secondary N) is 3. The standard InChI is InChI=1S/C21H21F2N7O3S/c1-3-7-34(32,33)29-15-6-5-14(22)17(18(15)23)19(31)13-9-24-20-16(13)21(26-11-25-20)28-12-8-27-30(4-2)10-12/h5-6,8-11,29H,3-4,7H2,1-2H3,(H2,24,25,26,28). The first-order valence-electron chi connectivity index (χ1n) is 10.4. The molecule has 1 aromatic carbocycles. The molecule has 0 unspecified atom stereocenters. The molecule has 10 nitrogen and oxygen atoms in total. The summed E-state index contributed by atoms with van der Waals surface area (Å²) < 4.78 is 57.7. The van der Waals surface area contributed by atoms with Gasteiger partial charge in [0.15, 0.2) is 5.82 Å². The zero-order chi connectivity index (χ0) is 24.5. The molecule has 3 N–H and O–H groups in total. The van der Waals surface area contributed by atoms with Gasteiger partial charge in [-0.1, -0.05) is 6.92 Å². The van der Waals surface area contributed by atoms with Gasteiger partial charge in [-0.05, 0) is 25.5 Å². The minimum Gasteiger partial charge on any atom is -0.345 e. The van der Waals surface area contributed by atoms with Crippen LogP contribution in [0.4, 0.5) is 26.0 Å². The van der Waals surface area contributed by atoms with E-state index in [-0.39, 0.29) is 28.2 Å². The van der Waals surface area contributed by atoms with Gasteiger partial charge >= 0.3 is 0 Å². The zero-order valence-corrected chi connectivity index (χ0v) is 19.1. The molecule has 0 aliphatic carbocycles. The summed E-state index contributed by atoms with van der Waals surface area (Å²) in [7, 11) is -3.86. The lowest BCUT2D eigenvalue weighted by Crippen LogP contribution is -2.18. The average Bonchev–Trinajstić information content (AvgIpc) is 3.43. The van der Waals surface area contributed by atoms with E-state index >= 15 is 4.39 Å². The zero-order valence-electron chi connectivity index (χ0n) is 18.3. The largest absolute Gasteiger partial charge is 0.345 e. The molecule has 0 aliphatic heterocycles. The molecule has 178 valence electrons. The molecule has 3 heterocycles. The molecule has 0 radical (unpaired) electrons. The van der Waals surface area contributed by atoms with Crippen molar-refractivity contribution in [1.82, 2.24) is 24.7 Å². The van der Waals surface area contributed by atoms with E-state index in [1.54, 1.807) is 24.0 Å². The summed E-state index contributed by atoms with van der Waals surface area (Å²) >= 11 is 0. The van der Waals surface area contributed by atoms with Gasteiger partial charge in [-0.25, -0.2) is 27.2 Å². The lowest BCUT2D eigenvalue weighted by molar-refractivity contribution is 0.103. The minimum absolute atomic E-state index is 0.0904. The first kappa shape index (κ1) is 23.3. The molecule has 34 heavy (non-hydrogen) atoms. The molecule has 0 bridgehead atoms. The maximum absolute atomic E-state index is 15.2.